The first-order valence-electron chi connectivity index (χ1n) is 6.90. The molecule has 0 unspecified atom stereocenters. The van der Waals surface area contributed by atoms with Crippen molar-refractivity contribution >= 4 is 22.5 Å². The van der Waals surface area contributed by atoms with Crippen LogP contribution in [0.15, 0.2) is 36.7 Å². The molecule has 0 spiro atoms. The van der Waals surface area contributed by atoms with Crippen LogP contribution < -0.4 is 5.32 Å². The van der Waals surface area contributed by atoms with E-state index in [0.717, 1.165) is 13.1 Å². The van der Waals surface area contributed by atoms with E-state index in [9.17, 15) is 0 Å². The maximum Gasteiger partial charge on any atom is 0.0346 e. The highest BCUT2D eigenvalue weighted by Crippen LogP contribution is 2.42. The number of hydrogen-bond acceptors (Lipinski definition) is 3. The second-order valence-electron chi connectivity index (χ2n) is 5.36. The van der Waals surface area contributed by atoms with E-state index in [1.165, 1.54) is 35.6 Å². The standard InChI is InChI=1S/C16H20N2S/c1-19-16(7-3-8-16)12-18-11-14-5-2-4-13-10-17-9-6-15(13)14/h2,4-6,9-10,18H,3,7-8,11-12H2,1H3. The smallest absolute Gasteiger partial charge is 0.0346 e. The third kappa shape index (κ3) is 2.63. The molecule has 0 atom stereocenters. The van der Waals surface area contributed by atoms with Gasteiger partial charge in [0.05, 0.1) is 0 Å². The van der Waals surface area contributed by atoms with Gasteiger partial charge in [-0.3, -0.25) is 4.98 Å². The molecule has 1 aromatic heterocycles. The van der Waals surface area contributed by atoms with Crippen LogP contribution in [0.1, 0.15) is 24.8 Å². The zero-order valence-electron chi connectivity index (χ0n) is 11.4. The minimum Gasteiger partial charge on any atom is -0.311 e. The zero-order chi connectivity index (χ0) is 13.1. The molecule has 1 aliphatic rings. The van der Waals surface area contributed by atoms with Crippen LogP contribution in [0.4, 0.5) is 0 Å². The largest absolute Gasteiger partial charge is 0.311 e. The third-order valence-corrected chi connectivity index (χ3v) is 5.65. The first-order chi connectivity index (χ1) is 9.33. The van der Waals surface area contributed by atoms with Gasteiger partial charge in [0.15, 0.2) is 0 Å². The molecule has 0 saturated heterocycles. The average molecular weight is 272 g/mol. The predicted octanol–water partition coefficient (Wildman–Crippen LogP) is 3.61. The third-order valence-electron chi connectivity index (χ3n) is 4.23. The zero-order valence-corrected chi connectivity index (χ0v) is 12.2. The molecule has 3 heteroatoms. The number of pyridine rings is 1. The monoisotopic (exact) mass is 272 g/mol. The van der Waals surface area contributed by atoms with Crippen LogP contribution in [-0.4, -0.2) is 22.5 Å². The Morgan fingerprint density at radius 1 is 1.32 bits per heavy atom. The maximum atomic E-state index is 4.19. The lowest BCUT2D eigenvalue weighted by Crippen LogP contribution is -2.43. The van der Waals surface area contributed by atoms with Crippen LogP contribution >= 0.6 is 11.8 Å². The highest BCUT2D eigenvalue weighted by molar-refractivity contribution is 8.00. The molecular formula is C16H20N2S. The molecule has 0 radical (unpaired) electrons. The van der Waals surface area contributed by atoms with Crippen LogP contribution in [0.25, 0.3) is 10.8 Å². The summed E-state index contributed by atoms with van der Waals surface area (Å²) < 4.78 is 0.506. The molecule has 0 bridgehead atoms. The Labute approximate surface area is 119 Å². The van der Waals surface area contributed by atoms with E-state index in [-0.39, 0.29) is 0 Å². The first kappa shape index (κ1) is 12.9. The number of fused-ring (bicyclic) bond motifs is 1. The van der Waals surface area contributed by atoms with Gasteiger partial charge >= 0.3 is 0 Å². The van der Waals surface area contributed by atoms with Gasteiger partial charge in [-0.05, 0) is 36.1 Å². The summed E-state index contributed by atoms with van der Waals surface area (Å²) in [6.45, 7) is 2.07. The minimum absolute atomic E-state index is 0.506. The first-order valence-corrected chi connectivity index (χ1v) is 8.13. The second kappa shape index (κ2) is 5.51. The molecule has 1 saturated carbocycles. The molecular weight excluding hydrogens is 252 g/mol. The van der Waals surface area contributed by atoms with Crippen LogP contribution in [0.3, 0.4) is 0 Å². The summed E-state index contributed by atoms with van der Waals surface area (Å²) in [6, 6.07) is 8.57. The van der Waals surface area contributed by atoms with Crippen LogP contribution in [0.2, 0.25) is 0 Å². The SMILES string of the molecule is CSC1(CNCc2cccc3cnccc23)CCC1. The summed E-state index contributed by atoms with van der Waals surface area (Å²) in [5.41, 5.74) is 1.37. The number of nitrogens with zero attached hydrogens (tertiary/aromatic N) is 1. The molecule has 0 amide bonds. The van der Waals surface area contributed by atoms with Crippen LogP contribution in [0.5, 0.6) is 0 Å². The summed E-state index contributed by atoms with van der Waals surface area (Å²) >= 11 is 2.03. The summed E-state index contributed by atoms with van der Waals surface area (Å²) in [7, 11) is 0. The summed E-state index contributed by atoms with van der Waals surface area (Å²) in [4.78, 5) is 4.19. The summed E-state index contributed by atoms with van der Waals surface area (Å²) in [6.07, 6.45) is 10.2. The van der Waals surface area contributed by atoms with Crippen molar-refractivity contribution < 1.29 is 0 Å². The average Bonchev–Trinajstić information content (AvgIpc) is 2.42. The Morgan fingerprint density at radius 2 is 2.21 bits per heavy atom. The lowest BCUT2D eigenvalue weighted by molar-refractivity contribution is 0.345. The van der Waals surface area contributed by atoms with E-state index in [1.54, 1.807) is 0 Å². The van der Waals surface area contributed by atoms with Gasteiger partial charge in [-0.2, -0.15) is 11.8 Å². The Hall–Kier alpha value is -1.06. The van der Waals surface area contributed by atoms with Gasteiger partial charge in [0.1, 0.15) is 0 Å². The Morgan fingerprint density at radius 3 is 2.95 bits per heavy atom. The van der Waals surface area contributed by atoms with E-state index < -0.39 is 0 Å². The van der Waals surface area contributed by atoms with Gasteiger partial charge in [0, 0.05) is 35.6 Å². The van der Waals surface area contributed by atoms with Gasteiger partial charge in [0.25, 0.3) is 0 Å². The second-order valence-corrected chi connectivity index (χ2v) is 6.63. The molecule has 1 aliphatic carbocycles. The Bertz CT molecular complexity index is 553. The van der Waals surface area contributed by atoms with Crippen LogP contribution in [0, 0.1) is 0 Å². The fourth-order valence-electron chi connectivity index (χ4n) is 2.79. The quantitative estimate of drug-likeness (QED) is 0.900. The van der Waals surface area contributed by atoms with Crippen molar-refractivity contribution in [2.45, 2.75) is 30.6 Å². The molecule has 2 nitrogen and oxygen atoms in total. The van der Waals surface area contributed by atoms with Gasteiger partial charge in [-0.25, -0.2) is 0 Å². The van der Waals surface area contributed by atoms with E-state index in [0.29, 0.717) is 4.75 Å². The predicted molar refractivity (Wildman–Crippen MR) is 83.5 cm³/mol. The molecule has 1 heterocycles. The molecule has 100 valence electrons. The van der Waals surface area contributed by atoms with Crippen molar-refractivity contribution in [3.63, 3.8) is 0 Å². The number of aromatic nitrogens is 1. The highest BCUT2D eigenvalue weighted by Gasteiger charge is 2.35. The number of thioether (sulfide) groups is 1. The van der Waals surface area contributed by atoms with Gasteiger partial charge < -0.3 is 5.32 Å². The van der Waals surface area contributed by atoms with Crippen molar-refractivity contribution in [3.05, 3.63) is 42.2 Å². The van der Waals surface area contributed by atoms with Crippen molar-refractivity contribution in [2.24, 2.45) is 0 Å². The molecule has 2 aromatic rings. The number of rotatable bonds is 5. The van der Waals surface area contributed by atoms with Crippen molar-refractivity contribution in [3.8, 4) is 0 Å². The molecule has 1 fully saturated rings. The number of hydrogen-bond donors (Lipinski definition) is 1. The van der Waals surface area contributed by atoms with Crippen molar-refractivity contribution in [2.75, 3.05) is 12.8 Å². The molecule has 1 aromatic carbocycles. The minimum atomic E-state index is 0.506. The summed E-state index contributed by atoms with van der Waals surface area (Å²) in [5.74, 6) is 0. The highest BCUT2D eigenvalue weighted by atomic mass is 32.2. The topological polar surface area (TPSA) is 24.9 Å². The normalized spacial score (nSPS) is 17.3. The molecule has 0 aliphatic heterocycles. The van der Waals surface area contributed by atoms with Gasteiger partial charge in [-0.1, -0.05) is 24.6 Å². The van der Waals surface area contributed by atoms with Gasteiger partial charge in [-0.15, -0.1) is 0 Å². The number of benzene rings is 1. The Balaban J connectivity index is 1.68. The summed E-state index contributed by atoms with van der Waals surface area (Å²) in [5, 5.41) is 6.19. The van der Waals surface area contributed by atoms with E-state index in [2.05, 4.69) is 40.8 Å². The fourth-order valence-corrected chi connectivity index (χ4v) is 3.74. The van der Waals surface area contributed by atoms with Gasteiger partial charge in [0.2, 0.25) is 0 Å². The van der Waals surface area contributed by atoms with E-state index in [1.807, 2.05) is 24.2 Å². The number of nitrogens with one attached hydrogen (secondary N) is 1. The van der Waals surface area contributed by atoms with Crippen molar-refractivity contribution in [1.29, 1.82) is 0 Å². The van der Waals surface area contributed by atoms with E-state index >= 15 is 0 Å². The van der Waals surface area contributed by atoms with Crippen LogP contribution in [-0.2, 0) is 6.54 Å². The van der Waals surface area contributed by atoms with E-state index in [4.69, 9.17) is 0 Å². The fraction of sp³-hybridized carbons (Fsp3) is 0.438. The maximum absolute atomic E-state index is 4.19. The molecule has 19 heavy (non-hydrogen) atoms. The van der Waals surface area contributed by atoms with Crippen molar-refractivity contribution in [1.82, 2.24) is 10.3 Å². The molecule has 3 rings (SSSR count). The lowest BCUT2D eigenvalue weighted by atomic mass is 9.84. The molecule has 1 N–H and O–H groups in total. The Kier molecular flexibility index (Phi) is 3.76. The lowest BCUT2D eigenvalue weighted by Gasteiger charge is -2.40.